The molecule has 23 heavy (non-hydrogen) atoms. The minimum Gasteiger partial charge on any atom is -0.382 e. The third-order valence-corrected chi connectivity index (χ3v) is 3.63. The first kappa shape index (κ1) is 17.5. The van der Waals surface area contributed by atoms with Crippen molar-refractivity contribution in [2.45, 2.75) is 0 Å². The summed E-state index contributed by atoms with van der Waals surface area (Å²) in [5.41, 5.74) is 1.70. The Morgan fingerprint density at radius 3 is 2.74 bits per heavy atom. The molecule has 1 heterocycles. The Bertz CT molecular complexity index is 692. The molecule has 0 bridgehead atoms. The highest BCUT2D eigenvalue weighted by Crippen LogP contribution is 2.26. The summed E-state index contributed by atoms with van der Waals surface area (Å²) in [4.78, 5) is 18.5. The third kappa shape index (κ3) is 5.39. The van der Waals surface area contributed by atoms with Crippen molar-refractivity contribution in [1.29, 1.82) is 0 Å². The van der Waals surface area contributed by atoms with Crippen molar-refractivity contribution in [2.75, 3.05) is 37.8 Å². The molecule has 0 atom stereocenters. The lowest BCUT2D eigenvalue weighted by atomic mass is 10.2. The second-order valence-electron chi connectivity index (χ2n) is 5.27. The number of rotatable bonds is 6. The summed E-state index contributed by atoms with van der Waals surface area (Å²) >= 11 is 12.0. The van der Waals surface area contributed by atoms with Crippen molar-refractivity contribution in [1.82, 2.24) is 9.88 Å². The number of halogens is 2. The van der Waals surface area contributed by atoms with Gasteiger partial charge in [-0.2, -0.15) is 0 Å². The van der Waals surface area contributed by atoms with Gasteiger partial charge in [0.1, 0.15) is 0 Å². The summed E-state index contributed by atoms with van der Waals surface area (Å²) in [5, 5.41) is 6.89. The molecule has 2 aromatic rings. The molecule has 1 aromatic heterocycles. The van der Waals surface area contributed by atoms with Crippen molar-refractivity contribution >= 4 is 40.5 Å². The molecule has 0 saturated heterocycles. The number of nitrogens with one attached hydrogen (secondary N) is 2. The van der Waals surface area contributed by atoms with E-state index in [0.717, 1.165) is 18.8 Å². The zero-order valence-electron chi connectivity index (χ0n) is 12.9. The second kappa shape index (κ2) is 8.15. The number of carbonyl (C=O) groups excluding carboxylic acids is 1. The van der Waals surface area contributed by atoms with Gasteiger partial charge in [0.05, 0.1) is 22.0 Å². The van der Waals surface area contributed by atoms with E-state index in [1.54, 1.807) is 30.5 Å². The maximum Gasteiger partial charge on any atom is 0.257 e. The summed E-state index contributed by atoms with van der Waals surface area (Å²) in [6.07, 6.45) is 3.18. The number of anilines is 2. The topological polar surface area (TPSA) is 57.3 Å². The summed E-state index contributed by atoms with van der Waals surface area (Å²) in [7, 11) is 4.00. The average molecular weight is 353 g/mol. The first-order valence-corrected chi connectivity index (χ1v) is 7.81. The summed E-state index contributed by atoms with van der Waals surface area (Å²) in [6.45, 7) is 1.65. The van der Waals surface area contributed by atoms with Gasteiger partial charge in [-0.25, -0.2) is 0 Å². The van der Waals surface area contributed by atoms with Crippen molar-refractivity contribution in [2.24, 2.45) is 0 Å². The number of carbonyl (C=O) groups is 1. The quantitative estimate of drug-likeness (QED) is 0.833. The van der Waals surface area contributed by atoms with Crippen LogP contribution in [0.4, 0.5) is 11.4 Å². The summed E-state index contributed by atoms with van der Waals surface area (Å²) in [6, 6.07) is 6.65. The van der Waals surface area contributed by atoms with Gasteiger partial charge in [-0.05, 0) is 38.4 Å². The molecule has 2 rings (SSSR count). The number of benzene rings is 1. The Morgan fingerprint density at radius 2 is 2.00 bits per heavy atom. The first-order chi connectivity index (χ1) is 11.0. The number of pyridine rings is 1. The molecule has 0 spiro atoms. The molecular weight excluding hydrogens is 335 g/mol. The lowest BCUT2D eigenvalue weighted by Gasteiger charge is -2.12. The Balaban J connectivity index is 2.06. The summed E-state index contributed by atoms with van der Waals surface area (Å²) in [5.74, 6) is -0.294. The van der Waals surface area contributed by atoms with E-state index in [1.807, 2.05) is 14.1 Å². The SMILES string of the molecule is CN(C)CCNc1cncc(C(=O)Nc2cc(Cl)ccc2Cl)c1. The second-order valence-corrected chi connectivity index (χ2v) is 6.11. The van der Waals surface area contributed by atoms with E-state index < -0.39 is 0 Å². The van der Waals surface area contributed by atoms with Gasteiger partial charge >= 0.3 is 0 Å². The lowest BCUT2D eigenvalue weighted by Crippen LogP contribution is -2.21. The number of hydrogen-bond donors (Lipinski definition) is 2. The molecule has 0 saturated carbocycles. The van der Waals surface area contributed by atoms with E-state index in [1.165, 1.54) is 6.20 Å². The number of hydrogen-bond acceptors (Lipinski definition) is 4. The summed E-state index contributed by atoms with van der Waals surface area (Å²) < 4.78 is 0. The standard InChI is InChI=1S/C16H18Cl2N4O/c1-22(2)6-5-20-13-7-11(9-19-10-13)16(23)21-15-8-12(17)3-4-14(15)18/h3-4,7-10,20H,5-6H2,1-2H3,(H,21,23). The minimum atomic E-state index is -0.294. The Morgan fingerprint density at radius 1 is 1.22 bits per heavy atom. The van der Waals surface area contributed by atoms with Crippen molar-refractivity contribution in [3.8, 4) is 0 Å². The molecule has 0 fully saturated rings. The molecule has 0 aliphatic carbocycles. The smallest absolute Gasteiger partial charge is 0.257 e. The van der Waals surface area contributed by atoms with Gasteiger partial charge in [0.25, 0.3) is 5.91 Å². The van der Waals surface area contributed by atoms with E-state index in [4.69, 9.17) is 23.2 Å². The van der Waals surface area contributed by atoms with Crippen LogP contribution in [0.3, 0.4) is 0 Å². The zero-order chi connectivity index (χ0) is 16.8. The van der Waals surface area contributed by atoms with Crippen LogP contribution in [-0.4, -0.2) is 43.0 Å². The fourth-order valence-electron chi connectivity index (χ4n) is 1.87. The van der Waals surface area contributed by atoms with E-state index in [0.29, 0.717) is 21.3 Å². The van der Waals surface area contributed by atoms with Crippen LogP contribution in [0, 0.1) is 0 Å². The molecule has 5 nitrogen and oxygen atoms in total. The minimum absolute atomic E-state index is 0.294. The van der Waals surface area contributed by atoms with Crippen LogP contribution in [0.1, 0.15) is 10.4 Å². The maximum atomic E-state index is 12.3. The molecule has 7 heteroatoms. The Labute approximate surface area is 145 Å². The molecule has 0 unspecified atom stereocenters. The first-order valence-electron chi connectivity index (χ1n) is 7.06. The van der Waals surface area contributed by atoms with E-state index in [-0.39, 0.29) is 5.91 Å². The molecule has 1 aromatic carbocycles. The molecule has 1 amide bonds. The van der Waals surface area contributed by atoms with Gasteiger partial charge in [0.15, 0.2) is 0 Å². The van der Waals surface area contributed by atoms with Crippen molar-refractivity contribution < 1.29 is 4.79 Å². The van der Waals surface area contributed by atoms with Crippen LogP contribution in [0.15, 0.2) is 36.7 Å². The van der Waals surface area contributed by atoms with Gasteiger partial charge in [-0.15, -0.1) is 0 Å². The van der Waals surface area contributed by atoms with Gasteiger partial charge in [-0.1, -0.05) is 23.2 Å². The highest BCUT2D eigenvalue weighted by atomic mass is 35.5. The zero-order valence-corrected chi connectivity index (χ0v) is 14.4. The van der Waals surface area contributed by atoms with Crippen LogP contribution in [0.2, 0.25) is 10.0 Å². The predicted molar refractivity (Wildman–Crippen MR) is 95.7 cm³/mol. The molecular formula is C16H18Cl2N4O. The van der Waals surface area contributed by atoms with Crippen LogP contribution in [0.25, 0.3) is 0 Å². The Kier molecular flexibility index (Phi) is 6.21. The number of nitrogens with zero attached hydrogens (tertiary/aromatic N) is 2. The fraction of sp³-hybridized carbons (Fsp3) is 0.250. The molecule has 2 N–H and O–H groups in total. The van der Waals surface area contributed by atoms with Crippen molar-refractivity contribution in [3.05, 3.63) is 52.3 Å². The monoisotopic (exact) mass is 352 g/mol. The normalized spacial score (nSPS) is 10.7. The molecule has 0 radical (unpaired) electrons. The van der Waals surface area contributed by atoms with E-state index in [2.05, 4.69) is 20.5 Å². The van der Waals surface area contributed by atoms with E-state index >= 15 is 0 Å². The third-order valence-electron chi connectivity index (χ3n) is 3.07. The van der Waals surface area contributed by atoms with Crippen LogP contribution in [0.5, 0.6) is 0 Å². The highest BCUT2D eigenvalue weighted by Gasteiger charge is 2.10. The maximum absolute atomic E-state index is 12.3. The van der Waals surface area contributed by atoms with Gasteiger partial charge < -0.3 is 15.5 Å². The average Bonchev–Trinajstić information content (AvgIpc) is 2.51. The fourth-order valence-corrected chi connectivity index (χ4v) is 2.21. The largest absolute Gasteiger partial charge is 0.382 e. The predicted octanol–water partition coefficient (Wildman–Crippen LogP) is 3.61. The molecule has 122 valence electrons. The number of likely N-dealkylation sites (N-methyl/N-ethyl adjacent to an activating group) is 1. The highest BCUT2D eigenvalue weighted by molar-refractivity contribution is 6.35. The van der Waals surface area contributed by atoms with E-state index in [9.17, 15) is 4.79 Å². The van der Waals surface area contributed by atoms with Gasteiger partial charge in [0, 0.05) is 30.5 Å². The lowest BCUT2D eigenvalue weighted by molar-refractivity contribution is 0.102. The number of amides is 1. The van der Waals surface area contributed by atoms with Crippen LogP contribution < -0.4 is 10.6 Å². The molecule has 0 aliphatic heterocycles. The van der Waals surface area contributed by atoms with Gasteiger partial charge in [0.2, 0.25) is 0 Å². The van der Waals surface area contributed by atoms with Crippen LogP contribution >= 0.6 is 23.2 Å². The van der Waals surface area contributed by atoms with Gasteiger partial charge in [-0.3, -0.25) is 9.78 Å². The number of aromatic nitrogens is 1. The Hall–Kier alpha value is -1.82. The molecule has 0 aliphatic rings. The van der Waals surface area contributed by atoms with Crippen molar-refractivity contribution in [3.63, 3.8) is 0 Å². The van der Waals surface area contributed by atoms with Crippen LogP contribution in [-0.2, 0) is 0 Å².